The van der Waals surface area contributed by atoms with E-state index in [0.29, 0.717) is 13.1 Å². The Hall–Kier alpha value is -2.87. The summed E-state index contributed by atoms with van der Waals surface area (Å²) < 4.78 is 25.8. The molecule has 7 nitrogen and oxygen atoms in total. The molecular weight excluding hydrogens is 374 g/mol. The Balaban J connectivity index is 1.77. The third kappa shape index (κ3) is 4.89. The molecule has 0 fully saturated rings. The summed E-state index contributed by atoms with van der Waals surface area (Å²) in [4.78, 5) is 4.34. The zero-order chi connectivity index (χ0) is 20.1. The van der Waals surface area contributed by atoms with Crippen molar-refractivity contribution in [1.29, 1.82) is 0 Å². The second-order valence-electron chi connectivity index (χ2n) is 6.68. The van der Waals surface area contributed by atoms with Crippen molar-refractivity contribution in [1.82, 2.24) is 14.2 Å². The van der Waals surface area contributed by atoms with E-state index in [2.05, 4.69) is 20.7 Å². The molecule has 0 spiro atoms. The third-order valence-electron chi connectivity index (χ3n) is 4.35. The van der Waals surface area contributed by atoms with Gasteiger partial charge in [0.1, 0.15) is 0 Å². The van der Waals surface area contributed by atoms with Crippen LogP contribution in [0.4, 0.5) is 11.9 Å². The third-order valence-corrected chi connectivity index (χ3v) is 5.86. The van der Waals surface area contributed by atoms with E-state index in [4.69, 9.17) is 0 Å². The molecule has 3 aromatic rings. The Morgan fingerprint density at radius 3 is 1.86 bits per heavy atom. The number of hydrogen-bond acceptors (Lipinski definition) is 6. The lowest BCUT2D eigenvalue weighted by molar-refractivity contribution is 0.582. The van der Waals surface area contributed by atoms with Gasteiger partial charge in [0, 0.05) is 13.1 Å². The number of aromatic nitrogens is 3. The molecule has 8 heteroatoms. The first-order valence-electron chi connectivity index (χ1n) is 9.16. The zero-order valence-electron chi connectivity index (χ0n) is 16.3. The first-order valence-corrected chi connectivity index (χ1v) is 10.8. The van der Waals surface area contributed by atoms with Crippen LogP contribution in [0.25, 0.3) is 0 Å². The van der Waals surface area contributed by atoms with Gasteiger partial charge in [0.05, 0.1) is 5.75 Å². The molecule has 0 atom stereocenters. The maximum absolute atomic E-state index is 12.4. The largest absolute Gasteiger partial charge is 0.349 e. The van der Waals surface area contributed by atoms with Gasteiger partial charge in [0.15, 0.2) is 0 Å². The minimum atomic E-state index is -3.57. The van der Waals surface area contributed by atoms with E-state index in [1.54, 1.807) is 6.92 Å². The zero-order valence-corrected chi connectivity index (χ0v) is 17.1. The number of hydrogen-bond donors (Lipinski definition) is 2. The standard InChI is InChI=1S/C20H25N5O2S/c1-4-28(26,27)25-20(22-14-18-11-7-16(3)8-12-18)23-19(24-25)21-13-17-9-5-15(2)6-10-17/h5-12H,4,13-14H2,1-3H3,(H2,21,22,23,24). The lowest BCUT2D eigenvalue weighted by Crippen LogP contribution is -2.19. The van der Waals surface area contributed by atoms with Gasteiger partial charge in [-0.15, -0.1) is 9.19 Å². The van der Waals surface area contributed by atoms with E-state index in [1.807, 2.05) is 62.4 Å². The van der Waals surface area contributed by atoms with Crippen molar-refractivity contribution in [3.05, 3.63) is 70.8 Å². The summed E-state index contributed by atoms with van der Waals surface area (Å²) >= 11 is 0. The highest BCUT2D eigenvalue weighted by Crippen LogP contribution is 2.15. The van der Waals surface area contributed by atoms with Crippen LogP contribution in [0.3, 0.4) is 0 Å². The van der Waals surface area contributed by atoms with Gasteiger partial charge in [-0.1, -0.05) is 59.7 Å². The Kier molecular flexibility index (Phi) is 5.99. The second kappa shape index (κ2) is 8.43. The molecule has 0 saturated carbocycles. The lowest BCUT2D eigenvalue weighted by atomic mass is 10.1. The summed E-state index contributed by atoms with van der Waals surface area (Å²) in [5.74, 6) is 0.408. The molecule has 0 amide bonds. The molecule has 0 bridgehead atoms. The molecular formula is C20H25N5O2S. The molecule has 0 radical (unpaired) electrons. The lowest BCUT2D eigenvalue weighted by Gasteiger charge is -2.07. The van der Waals surface area contributed by atoms with Gasteiger partial charge in [-0.05, 0) is 31.9 Å². The van der Waals surface area contributed by atoms with Gasteiger partial charge in [-0.3, -0.25) is 0 Å². The van der Waals surface area contributed by atoms with Crippen molar-refractivity contribution in [2.24, 2.45) is 0 Å². The molecule has 2 N–H and O–H groups in total. The number of nitrogens with one attached hydrogen (secondary N) is 2. The van der Waals surface area contributed by atoms with E-state index in [0.717, 1.165) is 15.2 Å². The van der Waals surface area contributed by atoms with Gasteiger partial charge >= 0.3 is 0 Å². The highest BCUT2D eigenvalue weighted by atomic mass is 32.2. The van der Waals surface area contributed by atoms with E-state index >= 15 is 0 Å². The number of benzene rings is 2. The summed E-state index contributed by atoms with van der Waals surface area (Å²) in [7, 11) is -3.57. The van der Waals surface area contributed by atoms with E-state index < -0.39 is 10.0 Å². The van der Waals surface area contributed by atoms with Crippen LogP contribution in [0.15, 0.2) is 48.5 Å². The molecule has 148 valence electrons. The fourth-order valence-electron chi connectivity index (χ4n) is 2.57. The summed E-state index contributed by atoms with van der Waals surface area (Å²) in [6.45, 7) is 6.60. The van der Waals surface area contributed by atoms with Crippen LogP contribution in [-0.2, 0) is 23.1 Å². The van der Waals surface area contributed by atoms with Crippen LogP contribution in [0, 0.1) is 13.8 Å². The maximum atomic E-state index is 12.4. The average molecular weight is 400 g/mol. The Morgan fingerprint density at radius 1 is 0.857 bits per heavy atom. The van der Waals surface area contributed by atoms with Crippen molar-refractivity contribution in [3.63, 3.8) is 0 Å². The molecule has 0 aliphatic heterocycles. The van der Waals surface area contributed by atoms with Crippen molar-refractivity contribution in [3.8, 4) is 0 Å². The van der Waals surface area contributed by atoms with Crippen LogP contribution < -0.4 is 10.6 Å². The maximum Gasteiger partial charge on any atom is 0.256 e. The van der Waals surface area contributed by atoms with Gasteiger partial charge in [-0.25, -0.2) is 8.42 Å². The number of aryl methyl sites for hydroxylation is 2. The predicted octanol–water partition coefficient (Wildman–Crippen LogP) is 3.32. The Bertz CT molecular complexity index is 1030. The van der Waals surface area contributed by atoms with Gasteiger partial charge in [-0.2, -0.15) is 4.98 Å². The number of rotatable bonds is 8. The van der Waals surface area contributed by atoms with Crippen LogP contribution in [0.5, 0.6) is 0 Å². The topological polar surface area (TPSA) is 88.9 Å². The average Bonchev–Trinajstić information content (AvgIpc) is 3.11. The summed E-state index contributed by atoms with van der Waals surface area (Å²) in [6.07, 6.45) is 0. The number of nitrogens with zero attached hydrogens (tertiary/aromatic N) is 3. The van der Waals surface area contributed by atoms with E-state index in [-0.39, 0.29) is 17.6 Å². The van der Waals surface area contributed by atoms with E-state index in [1.165, 1.54) is 11.1 Å². The molecule has 1 heterocycles. The minimum Gasteiger partial charge on any atom is -0.349 e. The van der Waals surface area contributed by atoms with Gasteiger partial charge in [0.2, 0.25) is 11.9 Å². The molecule has 0 aliphatic carbocycles. The van der Waals surface area contributed by atoms with Crippen molar-refractivity contribution in [2.45, 2.75) is 33.9 Å². The predicted molar refractivity (Wildman–Crippen MR) is 112 cm³/mol. The van der Waals surface area contributed by atoms with Crippen molar-refractivity contribution < 1.29 is 8.42 Å². The van der Waals surface area contributed by atoms with Crippen molar-refractivity contribution in [2.75, 3.05) is 16.4 Å². The smallest absolute Gasteiger partial charge is 0.256 e. The summed E-state index contributed by atoms with van der Waals surface area (Å²) in [5, 5.41) is 10.3. The molecule has 28 heavy (non-hydrogen) atoms. The monoisotopic (exact) mass is 399 g/mol. The van der Waals surface area contributed by atoms with Crippen LogP contribution >= 0.6 is 0 Å². The molecule has 3 rings (SSSR count). The van der Waals surface area contributed by atoms with Crippen molar-refractivity contribution >= 4 is 21.9 Å². The molecule has 1 aromatic heterocycles. The highest BCUT2D eigenvalue weighted by Gasteiger charge is 2.20. The quantitative estimate of drug-likeness (QED) is 0.604. The number of anilines is 2. The highest BCUT2D eigenvalue weighted by molar-refractivity contribution is 7.89. The van der Waals surface area contributed by atoms with E-state index in [9.17, 15) is 8.42 Å². The fourth-order valence-corrected chi connectivity index (χ4v) is 3.39. The molecule has 0 saturated heterocycles. The Labute approximate surface area is 165 Å². The first-order chi connectivity index (χ1) is 13.4. The molecule has 0 aliphatic rings. The van der Waals surface area contributed by atoms with Gasteiger partial charge in [0.25, 0.3) is 10.0 Å². The second-order valence-corrected chi connectivity index (χ2v) is 8.77. The van der Waals surface area contributed by atoms with Crippen LogP contribution in [0.2, 0.25) is 0 Å². The SMILES string of the molecule is CCS(=O)(=O)n1nc(NCc2ccc(C)cc2)nc1NCc1ccc(C)cc1. The molecule has 0 unspecified atom stereocenters. The van der Waals surface area contributed by atoms with Gasteiger partial charge < -0.3 is 10.6 Å². The summed E-state index contributed by atoms with van der Waals surface area (Å²) in [5.41, 5.74) is 4.45. The van der Waals surface area contributed by atoms with Crippen LogP contribution in [-0.4, -0.2) is 28.3 Å². The molecule has 2 aromatic carbocycles. The fraction of sp³-hybridized carbons (Fsp3) is 0.300. The first kappa shape index (κ1) is 19.9. The van der Waals surface area contributed by atoms with Crippen LogP contribution in [0.1, 0.15) is 29.2 Å². The minimum absolute atomic E-state index is 0.0625. The Morgan fingerprint density at radius 2 is 1.36 bits per heavy atom. The normalized spacial score (nSPS) is 11.4. The summed E-state index contributed by atoms with van der Waals surface area (Å²) in [6, 6.07) is 16.1.